The molecule has 112 valence electrons. The minimum Gasteiger partial charge on any atom is -0.490 e. The van der Waals surface area contributed by atoms with E-state index in [0.29, 0.717) is 40.2 Å². The van der Waals surface area contributed by atoms with E-state index in [-0.39, 0.29) is 5.78 Å². The maximum atomic E-state index is 12.6. The van der Waals surface area contributed by atoms with Crippen LogP contribution in [-0.2, 0) is 0 Å². The van der Waals surface area contributed by atoms with Crippen LogP contribution in [0.25, 0.3) is 0 Å². The molecule has 1 aromatic heterocycles. The maximum absolute atomic E-state index is 12.6. The first-order chi connectivity index (χ1) is 10.1. The number of benzene rings is 1. The molecule has 0 aliphatic heterocycles. The highest BCUT2D eigenvalue weighted by molar-refractivity contribution is 9.10. The van der Waals surface area contributed by atoms with Gasteiger partial charge in [0.15, 0.2) is 11.5 Å². The van der Waals surface area contributed by atoms with Gasteiger partial charge < -0.3 is 9.47 Å². The van der Waals surface area contributed by atoms with E-state index in [1.807, 2.05) is 25.3 Å². The third kappa shape index (κ3) is 3.59. The van der Waals surface area contributed by atoms with Gasteiger partial charge in [0.05, 0.1) is 23.1 Å². The molecule has 0 saturated heterocycles. The van der Waals surface area contributed by atoms with Crippen LogP contribution in [0.5, 0.6) is 11.5 Å². The zero-order valence-corrected chi connectivity index (χ0v) is 14.8. The number of halogens is 2. The Kier molecular flexibility index (Phi) is 5.67. The molecule has 0 radical (unpaired) electrons. The molecule has 1 aromatic carbocycles. The molecule has 0 aliphatic rings. The van der Waals surface area contributed by atoms with E-state index in [1.165, 1.54) is 11.3 Å². The molecule has 21 heavy (non-hydrogen) atoms. The number of thiophene rings is 1. The van der Waals surface area contributed by atoms with Crippen LogP contribution in [0.1, 0.15) is 29.1 Å². The van der Waals surface area contributed by atoms with Gasteiger partial charge in [0, 0.05) is 16.1 Å². The van der Waals surface area contributed by atoms with E-state index in [4.69, 9.17) is 21.1 Å². The molecular formula is C15H14BrClO3S. The first kappa shape index (κ1) is 16.3. The molecule has 0 fully saturated rings. The van der Waals surface area contributed by atoms with Crippen LogP contribution in [0.15, 0.2) is 28.1 Å². The average Bonchev–Trinajstić information content (AvgIpc) is 2.87. The molecule has 0 saturated carbocycles. The summed E-state index contributed by atoms with van der Waals surface area (Å²) < 4.78 is 11.8. The number of hydrogen-bond donors (Lipinski definition) is 0. The Hall–Kier alpha value is -1.04. The molecule has 2 rings (SSSR count). The highest BCUT2D eigenvalue weighted by atomic mass is 79.9. The monoisotopic (exact) mass is 388 g/mol. The smallest absolute Gasteiger partial charge is 0.205 e. The van der Waals surface area contributed by atoms with Crippen molar-refractivity contribution in [2.24, 2.45) is 0 Å². The first-order valence-corrected chi connectivity index (χ1v) is 8.50. The molecule has 3 nitrogen and oxygen atoms in total. The second kappa shape index (κ2) is 7.29. The highest BCUT2D eigenvalue weighted by Gasteiger charge is 2.20. The standard InChI is InChI=1S/C15H14BrClO3S/c1-3-19-12-7-9(11(17)8-13(12)20-4-2)14(18)15-10(16)5-6-21-15/h5-8H,3-4H2,1-2H3. The normalized spacial score (nSPS) is 10.5. The van der Waals surface area contributed by atoms with E-state index in [0.717, 1.165) is 4.47 Å². The topological polar surface area (TPSA) is 35.5 Å². The van der Waals surface area contributed by atoms with Crippen LogP contribution in [-0.4, -0.2) is 19.0 Å². The molecular weight excluding hydrogens is 376 g/mol. The van der Waals surface area contributed by atoms with Crippen LogP contribution in [0, 0.1) is 0 Å². The van der Waals surface area contributed by atoms with Crippen LogP contribution in [0.4, 0.5) is 0 Å². The van der Waals surface area contributed by atoms with Crippen molar-refractivity contribution in [3.05, 3.63) is 43.5 Å². The van der Waals surface area contributed by atoms with E-state index >= 15 is 0 Å². The van der Waals surface area contributed by atoms with Crippen molar-refractivity contribution in [2.45, 2.75) is 13.8 Å². The van der Waals surface area contributed by atoms with E-state index in [9.17, 15) is 4.79 Å². The van der Waals surface area contributed by atoms with Crippen molar-refractivity contribution in [2.75, 3.05) is 13.2 Å². The molecule has 0 atom stereocenters. The van der Waals surface area contributed by atoms with Crippen LogP contribution in [0.2, 0.25) is 5.02 Å². The third-order valence-electron chi connectivity index (χ3n) is 2.70. The summed E-state index contributed by atoms with van der Waals surface area (Å²) in [5.41, 5.74) is 0.409. The van der Waals surface area contributed by atoms with Gasteiger partial charge in [0.1, 0.15) is 0 Å². The summed E-state index contributed by atoms with van der Waals surface area (Å²) in [5.74, 6) is 0.941. The van der Waals surface area contributed by atoms with Crippen molar-refractivity contribution in [1.29, 1.82) is 0 Å². The summed E-state index contributed by atoms with van der Waals surface area (Å²) in [7, 11) is 0. The Morgan fingerprint density at radius 1 is 1.24 bits per heavy atom. The molecule has 0 unspecified atom stereocenters. The minimum absolute atomic E-state index is 0.133. The number of rotatable bonds is 6. The molecule has 0 bridgehead atoms. The van der Waals surface area contributed by atoms with Gasteiger partial charge in [-0.1, -0.05) is 11.6 Å². The Labute approximate surface area is 141 Å². The van der Waals surface area contributed by atoms with Crippen LogP contribution < -0.4 is 9.47 Å². The Balaban J connectivity index is 2.46. The van der Waals surface area contributed by atoms with Gasteiger partial charge in [-0.2, -0.15) is 0 Å². The fourth-order valence-electron chi connectivity index (χ4n) is 1.82. The largest absolute Gasteiger partial charge is 0.490 e. The third-order valence-corrected chi connectivity index (χ3v) is 4.85. The number of hydrogen-bond acceptors (Lipinski definition) is 4. The Morgan fingerprint density at radius 3 is 2.38 bits per heavy atom. The zero-order valence-electron chi connectivity index (χ0n) is 11.6. The zero-order chi connectivity index (χ0) is 15.4. The van der Waals surface area contributed by atoms with E-state index in [1.54, 1.807) is 12.1 Å². The summed E-state index contributed by atoms with van der Waals surface area (Å²) in [4.78, 5) is 13.2. The van der Waals surface area contributed by atoms with Crippen LogP contribution >= 0.6 is 38.9 Å². The van der Waals surface area contributed by atoms with Crippen molar-refractivity contribution in [1.82, 2.24) is 0 Å². The van der Waals surface area contributed by atoms with Crippen LogP contribution in [0.3, 0.4) is 0 Å². The number of carbonyl (C=O) groups excluding carboxylic acids is 1. The average molecular weight is 390 g/mol. The fourth-order valence-corrected chi connectivity index (χ4v) is 3.57. The van der Waals surface area contributed by atoms with Crippen molar-refractivity contribution in [3.8, 4) is 11.5 Å². The fraction of sp³-hybridized carbons (Fsp3) is 0.267. The summed E-state index contributed by atoms with van der Waals surface area (Å²) >= 11 is 11.0. The Bertz CT molecular complexity index is 654. The summed E-state index contributed by atoms with van der Waals surface area (Å²) in [6.45, 7) is 4.74. The predicted molar refractivity (Wildman–Crippen MR) is 89.2 cm³/mol. The number of carbonyl (C=O) groups is 1. The second-order valence-electron chi connectivity index (χ2n) is 4.07. The van der Waals surface area contributed by atoms with Gasteiger partial charge in [-0.05, 0) is 47.3 Å². The molecule has 6 heteroatoms. The summed E-state index contributed by atoms with van der Waals surface area (Å²) in [5, 5.41) is 2.20. The van der Waals surface area contributed by atoms with E-state index in [2.05, 4.69) is 15.9 Å². The molecule has 2 aromatic rings. The lowest BCUT2D eigenvalue weighted by Gasteiger charge is -2.13. The van der Waals surface area contributed by atoms with Crippen molar-refractivity contribution >= 4 is 44.7 Å². The molecule has 0 amide bonds. The Morgan fingerprint density at radius 2 is 1.86 bits per heavy atom. The summed E-state index contributed by atoms with van der Waals surface area (Å²) in [6, 6.07) is 5.11. The van der Waals surface area contributed by atoms with Gasteiger partial charge >= 0.3 is 0 Å². The molecule has 0 aliphatic carbocycles. The van der Waals surface area contributed by atoms with Gasteiger partial charge in [-0.15, -0.1) is 11.3 Å². The number of ether oxygens (including phenoxy) is 2. The van der Waals surface area contributed by atoms with Crippen molar-refractivity contribution < 1.29 is 14.3 Å². The molecule has 0 spiro atoms. The molecule has 0 N–H and O–H groups in total. The van der Waals surface area contributed by atoms with Gasteiger partial charge in [-0.25, -0.2) is 0 Å². The van der Waals surface area contributed by atoms with Crippen molar-refractivity contribution in [3.63, 3.8) is 0 Å². The SMILES string of the molecule is CCOc1cc(Cl)c(C(=O)c2sccc2Br)cc1OCC. The maximum Gasteiger partial charge on any atom is 0.205 e. The molecule has 1 heterocycles. The van der Waals surface area contributed by atoms with Gasteiger partial charge in [0.25, 0.3) is 0 Å². The van der Waals surface area contributed by atoms with Gasteiger partial charge in [-0.3, -0.25) is 4.79 Å². The quantitative estimate of drug-likeness (QED) is 0.638. The second-order valence-corrected chi connectivity index (χ2v) is 6.25. The van der Waals surface area contributed by atoms with E-state index < -0.39 is 0 Å². The predicted octanol–water partition coefficient (Wildman–Crippen LogP) is 5.19. The van der Waals surface area contributed by atoms with Gasteiger partial charge in [0.2, 0.25) is 5.78 Å². The minimum atomic E-state index is -0.133. The summed E-state index contributed by atoms with van der Waals surface area (Å²) in [6.07, 6.45) is 0. The lowest BCUT2D eigenvalue weighted by atomic mass is 10.1. The first-order valence-electron chi connectivity index (χ1n) is 6.45. The lowest BCUT2D eigenvalue weighted by molar-refractivity contribution is 0.104. The lowest BCUT2D eigenvalue weighted by Crippen LogP contribution is -2.04. The highest BCUT2D eigenvalue weighted by Crippen LogP contribution is 2.36. The number of ketones is 1.